The molecule has 3 aromatic rings. The van der Waals surface area contributed by atoms with E-state index in [2.05, 4.69) is 5.32 Å². The smallest absolute Gasteiger partial charge is 0.419 e. The number of halogens is 1. The van der Waals surface area contributed by atoms with E-state index >= 15 is 0 Å². The molecule has 0 saturated carbocycles. The van der Waals surface area contributed by atoms with Crippen molar-refractivity contribution in [2.24, 2.45) is 0 Å². The summed E-state index contributed by atoms with van der Waals surface area (Å²) in [6.45, 7) is 2.05. The van der Waals surface area contributed by atoms with Gasteiger partial charge in [0, 0.05) is 29.6 Å². The number of hydrogen-bond acceptors (Lipinski definition) is 5. The standard InChI is InChI=1S/C20H21ClN2O5/c1-12(15-11-14(26-2)5-7-17(15)27-3)22-19(24)8-9-23-16-6-4-13(21)10-18(16)28-20(23)25/h4-7,10-12H,8-9H2,1-3H3,(H,22,24)/t12-/m0/s1. The maximum atomic E-state index is 12.4. The normalized spacial score (nSPS) is 12.0. The Balaban J connectivity index is 1.70. The Labute approximate surface area is 166 Å². The van der Waals surface area contributed by atoms with Crippen molar-refractivity contribution < 1.29 is 18.7 Å². The minimum atomic E-state index is -0.521. The fourth-order valence-electron chi connectivity index (χ4n) is 3.03. The van der Waals surface area contributed by atoms with E-state index in [1.807, 2.05) is 13.0 Å². The van der Waals surface area contributed by atoms with E-state index in [-0.39, 0.29) is 24.9 Å². The summed E-state index contributed by atoms with van der Waals surface area (Å²) >= 11 is 5.92. The van der Waals surface area contributed by atoms with Crippen LogP contribution in [0.3, 0.4) is 0 Å². The third kappa shape index (κ3) is 4.14. The first-order valence-corrected chi connectivity index (χ1v) is 9.11. The van der Waals surface area contributed by atoms with Gasteiger partial charge in [0.15, 0.2) is 5.58 Å². The highest BCUT2D eigenvalue weighted by atomic mass is 35.5. The van der Waals surface area contributed by atoms with E-state index in [0.717, 1.165) is 5.56 Å². The van der Waals surface area contributed by atoms with Gasteiger partial charge in [-0.2, -0.15) is 0 Å². The molecule has 0 bridgehead atoms. The fourth-order valence-corrected chi connectivity index (χ4v) is 3.20. The zero-order valence-corrected chi connectivity index (χ0v) is 16.6. The molecule has 148 valence electrons. The summed E-state index contributed by atoms with van der Waals surface area (Å²) in [6, 6.07) is 10.1. The number of rotatable bonds is 7. The summed E-state index contributed by atoms with van der Waals surface area (Å²) in [7, 11) is 3.15. The molecule has 0 spiro atoms. The van der Waals surface area contributed by atoms with Gasteiger partial charge in [0.2, 0.25) is 5.91 Å². The predicted octanol–water partition coefficient (Wildman–Crippen LogP) is 3.53. The second-order valence-corrected chi connectivity index (χ2v) is 6.72. The maximum absolute atomic E-state index is 12.4. The fraction of sp³-hybridized carbons (Fsp3) is 0.300. The number of oxazole rings is 1. The molecule has 2 aromatic carbocycles. The zero-order valence-electron chi connectivity index (χ0n) is 15.8. The molecule has 1 aromatic heterocycles. The molecule has 8 heteroatoms. The topological polar surface area (TPSA) is 82.7 Å². The number of aryl methyl sites for hydroxylation is 1. The van der Waals surface area contributed by atoms with Gasteiger partial charge in [0.05, 0.1) is 25.8 Å². The molecule has 0 unspecified atom stereocenters. The average Bonchev–Trinajstić information content (AvgIpc) is 2.99. The molecule has 1 atom stereocenters. The van der Waals surface area contributed by atoms with Crippen molar-refractivity contribution in [3.8, 4) is 11.5 Å². The number of carbonyl (C=O) groups is 1. The van der Waals surface area contributed by atoms with Crippen LogP contribution in [0.25, 0.3) is 11.1 Å². The molecular weight excluding hydrogens is 384 g/mol. The highest BCUT2D eigenvalue weighted by Gasteiger charge is 2.16. The van der Waals surface area contributed by atoms with Crippen molar-refractivity contribution in [2.75, 3.05) is 14.2 Å². The number of ether oxygens (including phenoxy) is 2. The number of nitrogens with zero attached hydrogens (tertiary/aromatic N) is 1. The van der Waals surface area contributed by atoms with Crippen LogP contribution in [0, 0.1) is 0 Å². The van der Waals surface area contributed by atoms with Crippen LogP contribution in [0.4, 0.5) is 0 Å². The molecule has 3 rings (SSSR count). The number of nitrogens with one attached hydrogen (secondary N) is 1. The summed E-state index contributed by atoms with van der Waals surface area (Å²) in [5.41, 5.74) is 1.80. The Morgan fingerprint density at radius 2 is 2.00 bits per heavy atom. The monoisotopic (exact) mass is 404 g/mol. The van der Waals surface area contributed by atoms with Gasteiger partial charge in [-0.25, -0.2) is 4.79 Å². The quantitative estimate of drug-likeness (QED) is 0.651. The van der Waals surface area contributed by atoms with E-state index in [9.17, 15) is 9.59 Å². The molecular formula is C20H21ClN2O5. The Bertz CT molecular complexity index is 1060. The second-order valence-electron chi connectivity index (χ2n) is 6.28. The van der Waals surface area contributed by atoms with Crippen LogP contribution in [0.1, 0.15) is 24.9 Å². The summed E-state index contributed by atoms with van der Waals surface area (Å²) in [5, 5.41) is 3.40. The molecule has 0 fully saturated rings. The molecule has 0 radical (unpaired) electrons. The Kier molecular flexibility index (Phi) is 5.94. The first kappa shape index (κ1) is 19.8. The van der Waals surface area contributed by atoms with Crippen LogP contribution in [-0.2, 0) is 11.3 Å². The van der Waals surface area contributed by atoms with Gasteiger partial charge in [-0.3, -0.25) is 9.36 Å². The summed E-state index contributed by atoms with van der Waals surface area (Å²) in [4.78, 5) is 24.5. The van der Waals surface area contributed by atoms with Crippen LogP contribution in [0.2, 0.25) is 5.02 Å². The molecule has 7 nitrogen and oxygen atoms in total. The average molecular weight is 405 g/mol. The first-order valence-electron chi connectivity index (χ1n) is 8.73. The van der Waals surface area contributed by atoms with Crippen LogP contribution in [-0.4, -0.2) is 24.7 Å². The number of carbonyl (C=O) groups excluding carboxylic acids is 1. The largest absolute Gasteiger partial charge is 0.497 e. The van der Waals surface area contributed by atoms with E-state index in [0.29, 0.717) is 27.6 Å². The van der Waals surface area contributed by atoms with E-state index in [1.165, 1.54) is 4.57 Å². The Morgan fingerprint density at radius 1 is 1.21 bits per heavy atom. The lowest BCUT2D eigenvalue weighted by molar-refractivity contribution is -0.121. The molecule has 1 N–H and O–H groups in total. The van der Waals surface area contributed by atoms with Crippen molar-refractivity contribution >= 4 is 28.6 Å². The number of hydrogen-bond donors (Lipinski definition) is 1. The number of fused-ring (bicyclic) bond motifs is 1. The van der Waals surface area contributed by atoms with Gasteiger partial charge in [-0.1, -0.05) is 11.6 Å². The molecule has 28 heavy (non-hydrogen) atoms. The summed E-state index contributed by atoms with van der Waals surface area (Å²) in [6.07, 6.45) is 0.119. The highest BCUT2D eigenvalue weighted by Crippen LogP contribution is 2.29. The molecule has 1 amide bonds. The van der Waals surface area contributed by atoms with Gasteiger partial charge in [-0.05, 0) is 37.3 Å². The van der Waals surface area contributed by atoms with Gasteiger partial charge >= 0.3 is 5.76 Å². The summed E-state index contributed by atoms with van der Waals surface area (Å²) in [5.74, 6) is 0.606. The van der Waals surface area contributed by atoms with Gasteiger partial charge in [0.25, 0.3) is 0 Å². The van der Waals surface area contributed by atoms with Crippen molar-refractivity contribution in [1.82, 2.24) is 9.88 Å². The van der Waals surface area contributed by atoms with Crippen LogP contribution in [0.15, 0.2) is 45.6 Å². The molecule has 1 heterocycles. The van der Waals surface area contributed by atoms with Crippen LogP contribution in [0.5, 0.6) is 11.5 Å². The SMILES string of the molecule is COc1ccc(OC)c([C@H](C)NC(=O)CCn2c(=O)oc3cc(Cl)ccc32)c1. The van der Waals surface area contributed by atoms with Gasteiger partial charge < -0.3 is 19.2 Å². The molecule has 0 aliphatic carbocycles. The minimum Gasteiger partial charge on any atom is -0.497 e. The van der Waals surface area contributed by atoms with Crippen LogP contribution >= 0.6 is 11.6 Å². The number of aromatic nitrogens is 1. The summed E-state index contributed by atoms with van der Waals surface area (Å²) < 4.78 is 17.2. The molecule has 0 aliphatic heterocycles. The van der Waals surface area contributed by atoms with Crippen LogP contribution < -0.4 is 20.5 Å². The van der Waals surface area contributed by atoms with E-state index in [1.54, 1.807) is 44.6 Å². The lowest BCUT2D eigenvalue weighted by atomic mass is 10.1. The Hall–Kier alpha value is -2.93. The van der Waals surface area contributed by atoms with Crippen molar-refractivity contribution in [3.63, 3.8) is 0 Å². The number of benzene rings is 2. The van der Waals surface area contributed by atoms with Crippen molar-refractivity contribution in [3.05, 3.63) is 57.5 Å². The van der Waals surface area contributed by atoms with Crippen molar-refractivity contribution in [2.45, 2.75) is 25.9 Å². The third-order valence-corrected chi connectivity index (χ3v) is 4.71. The van der Waals surface area contributed by atoms with Gasteiger partial charge in [0.1, 0.15) is 11.5 Å². The zero-order chi connectivity index (χ0) is 20.3. The maximum Gasteiger partial charge on any atom is 0.419 e. The molecule has 0 saturated heterocycles. The minimum absolute atomic E-state index is 0.119. The Morgan fingerprint density at radius 3 is 2.71 bits per heavy atom. The lowest BCUT2D eigenvalue weighted by Crippen LogP contribution is -2.28. The second kappa shape index (κ2) is 8.39. The number of amides is 1. The lowest BCUT2D eigenvalue weighted by Gasteiger charge is -2.18. The first-order chi connectivity index (χ1) is 13.4. The van der Waals surface area contributed by atoms with Crippen molar-refractivity contribution in [1.29, 1.82) is 0 Å². The van der Waals surface area contributed by atoms with E-state index < -0.39 is 5.76 Å². The third-order valence-electron chi connectivity index (χ3n) is 4.47. The van der Waals surface area contributed by atoms with E-state index in [4.69, 9.17) is 25.5 Å². The predicted molar refractivity (Wildman–Crippen MR) is 106 cm³/mol. The number of methoxy groups -OCH3 is 2. The van der Waals surface area contributed by atoms with Gasteiger partial charge in [-0.15, -0.1) is 0 Å². The highest BCUT2D eigenvalue weighted by molar-refractivity contribution is 6.31. The molecule has 0 aliphatic rings.